The smallest absolute Gasteiger partial charge is 0.271 e. The van der Waals surface area contributed by atoms with E-state index in [0.29, 0.717) is 18.7 Å². The lowest BCUT2D eigenvalue weighted by Gasteiger charge is -2.41. The number of hydrogen-bond donors (Lipinski definition) is 1. The fourth-order valence-electron chi connectivity index (χ4n) is 5.12. The first-order chi connectivity index (χ1) is 19.0. The van der Waals surface area contributed by atoms with Crippen molar-refractivity contribution < 1.29 is 4.79 Å². The zero-order valence-electron chi connectivity index (χ0n) is 23.0. The maximum Gasteiger partial charge on any atom is 0.271 e. The van der Waals surface area contributed by atoms with Gasteiger partial charge in [0.25, 0.3) is 5.91 Å². The van der Waals surface area contributed by atoms with Crippen LogP contribution in [-0.2, 0) is 12.8 Å². The molecule has 4 heterocycles. The zero-order valence-corrected chi connectivity index (χ0v) is 23.0. The lowest BCUT2D eigenvalue weighted by molar-refractivity contribution is 0.0948. The third-order valence-corrected chi connectivity index (χ3v) is 7.52. The van der Waals surface area contributed by atoms with Gasteiger partial charge in [-0.15, -0.1) is 5.10 Å². The van der Waals surface area contributed by atoms with Crippen molar-refractivity contribution in [1.82, 2.24) is 30.5 Å². The Hall–Kier alpha value is -4.14. The highest BCUT2D eigenvalue weighted by molar-refractivity contribution is 5.92. The van der Waals surface area contributed by atoms with E-state index in [2.05, 4.69) is 79.3 Å². The molecule has 0 saturated carbocycles. The van der Waals surface area contributed by atoms with Crippen LogP contribution in [0.25, 0.3) is 0 Å². The first kappa shape index (κ1) is 26.5. The molecule has 3 aromatic rings. The molecular formula is C30H36N8O. The van der Waals surface area contributed by atoms with Crippen LogP contribution in [0.5, 0.6) is 0 Å². The highest BCUT2D eigenvalue weighted by Crippen LogP contribution is 2.27. The Morgan fingerprint density at radius 2 is 1.95 bits per heavy atom. The summed E-state index contributed by atoms with van der Waals surface area (Å²) in [6.07, 6.45) is 15.5. The van der Waals surface area contributed by atoms with Crippen LogP contribution in [0.2, 0.25) is 0 Å². The Morgan fingerprint density at radius 3 is 2.67 bits per heavy atom. The normalized spacial score (nSPS) is 17.2. The van der Waals surface area contributed by atoms with Gasteiger partial charge < -0.3 is 15.1 Å². The molecule has 1 saturated heterocycles. The monoisotopic (exact) mass is 524 g/mol. The molecular weight excluding hydrogens is 488 g/mol. The van der Waals surface area contributed by atoms with E-state index in [-0.39, 0.29) is 11.9 Å². The summed E-state index contributed by atoms with van der Waals surface area (Å²) in [5.74, 6) is 1.50. The molecule has 9 nitrogen and oxygen atoms in total. The summed E-state index contributed by atoms with van der Waals surface area (Å²) >= 11 is 0. The molecule has 1 fully saturated rings. The molecule has 1 atom stereocenters. The molecule has 1 aliphatic heterocycles. The predicted molar refractivity (Wildman–Crippen MR) is 153 cm³/mol. The first-order valence-electron chi connectivity index (χ1n) is 13.7. The second-order valence-electron chi connectivity index (χ2n) is 10.2. The number of carbonyl (C=O) groups is 1. The van der Waals surface area contributed by atoms with Crippen molar-refractivity contribution in [2.75, 3.05) is 36.0 Å². The van der Waals surface area contributed by atoms with Gasteiger partial charge in [0.05, 0.1) is 18.1 Å². The molecule has 0 aromatic carbocycles. The van der Waals surface area contributed by atoms with Gasteiger partial charge in [-0.05, 0) is 62.4 Å². The zero-order chi connectivity index (χ0) is 27.2. The molecule has 0 radical (unpaired) electrons. The largest absolute Gasteiger partial charge is 0.351 e. The minimum atomic E-state index is -0.230. The van der Waals surface area contributed by atoms with Crippen molar-refractivity contribution in [2.24, 2.45) is 0 Å². The number of piperazine rings is 1. The molecule has 0 spiro atoms. The van der Waals surface area contributed by atoms with E-state index in [1.807, 2.05) is 18.2 Å². The van der Waals surface area contributed by atoms with Crippen LogP contribution in [-0.4, -0.2) is 63.3 Å². The van der Waals surface area contributed by atoms with E-state index in [1.54, 1.807) is 18.6 Å². The fraction of sp³-hybridized carbons (Fsp3) is 0.400. The molecule has 1 aliphatic carbocycles. The third-order valence-electron chi connectivity index (χ3n) is 7.52. The van der Waals surface area contributed by atoms with Gasteiger partial charge in [0.2, 0.25) is 0 Å². The van der Waals surface area contributed by atoms with Gasteiger partial charge in [0, 0.05) is 57.0 Å². The molecule has 3 aromatic heterocycles. The van der Waals surface area contributed by atoms with Crippen LogP contribution in [0.15, 0.2) is 60.6 Å². The summed E-state index contributed by atoms with van der Waals surface area (Å²) in [6.45, 7) is 9.38. The van der Waals surface area contributed by atoms with Crippen molar-refractivity contribution in [3.63, 3.8) is 0 Å². The van der Waals surface area contributed by atoms with Gasteiger partial charge in [0.15, 0.2) is 5.82 Å². The van der Waals surface area contributed by atoms with Crippen LogP contribution < -0.4 is 15.1 Å². The maximum atomic E-state index is 12.5. The second-order valence-corrected chi connectivity index (χ2v) is 10.2. The maximum absolute atomic E-state index is 12.5. The van der Waals surface area contributed by atoms with Crippen LogP contribution in [0.4, 0.5) is 11.6 Å². The van der Waals surface area contributed by atoms with Crippen molar-refractivity contribution in [3.8, 4) is 0 Å². The van der Waals surface area contributed by atoms with Crippen molar-refractivity contribution in [1.29, 1.82) is 0 Å². The summed E-state index contributed by atoms with van der Waals surface area (Å²) in [6, 6.07) is 5.96. The summed E-state index contributed by atoms with van der Waals surface area (Å²) in [5.41, 5.74) is 6.04. The second kappa shape index (κ2) is 12.1. The average molecular weight is 525 g/mol. The third kappa shape index (κ3) is 6.30. The lowest BCUT2D eigenvalue weighted by atomic mass is 9.99. The van der Waals surface area contributed by atoms with E-state index < -0.39 is 0 Å². The van der Waals surface area contributed by atoms with Gasteiger partial charge in [0.1, 0.15) is 11.5 Å². The Bertz CT molecular complexity index is 1350. The fourth-order valence-corrected chi connectivity index (χ4v) is 5.12. The number of anilines is 2. The molecule has 39 heavy (non-hydrogen) atoms. The minimum Gasteiger partial charge on any atom is -0.351 e. The molecule has 5 rings (SSSR count). The molecule has 1 amide bonds. The number of hydrogen-bond acceptors (Lipinski definition) is 8. The Balaban J connectivity index is 1.17. The van der Waals surface area contributed by atoms with Crippen LogP contribution >= 0.6 is 0 Å². The van der Waals surface area contributed by atoms with E-state index in [1.165, 1.54) is 16.7 Å². The van der Waals surface area contributed by atoms with Gasteiger partial charge in [-0.2, -0.15) is 5.10 Å². The van der Waals surface area contributed by atoms with Gasteiger partial charge in [-0.1, -0.05) is 24.3 Å². The summed E-state index contributed by atoms with van der Waals surface area (Å²) in [5, 5.41) is 12.2. The quantitative estimate of drug-likeness (QED) is 0.475. The highest BCUT2D eigenvalue weighted by Gasteiger charge is 2.28. The average Bonchev–Trinajstić information content (AvgIpc) is 2.97. The number of rotatable bonds is 8. The molecule has 0 unspecified atom stereocenters. The Labute approximate surface area is 230 Å². The molecule has 1 N–H and O–H groups in total. The number of nitrogens with one attached hydrogen (secondary N) is 1. The highest BCUT2D eigenvalue weighted by atomic mass is 16.1. The van der Waals surface area contributed by atoms with Crippen molar-refractivity contribution in [2.45, 2.75) is 52.5 Å². The van der Waals surface area contributed by atoms with Gasteiger partial charge >= 0.3 is 0 Å². The molecule has 0 bridgehead atoms. The molecule has 9 heteroatoms. The van der Waals surface area contributed by atoms with Crippen LogP contribution in [0.3, 0.4) is 0 Å². The predicted octanol–water partition coefficient (Wildman–Crippen LogP) is 3.78. The summed E-state index contributed by atoms with van der Waals surface area (Å²) < 4.78 is 0. The van der Waals surface area contributed by atoms with Gasteiger partial charge in [-0.3, -0.25) is 9.78 Å². The van der Waals surface area contributed by atoms with Crippen LogP contribution in [0.1, 0.15) is 52.8 Å². The number of pyridine rings is 1. The SMILES string of the molecule is Cc1c(CC2=CCCC=C2)nnc(N2CCN(c3cnc(C(=O)NCCc4ccccn4)cn3)[C@H](C)C2)c1C. The number of nitrogens with zero attached hydrogens (tertiary/aromatic N) is 7. The number of aromatic nitrogens is 5. The van der Waals surface area contributed by atoms with Crippen molar-refractivity contribution in [3.05, 3.63) is 88.8 Å². The first-order valence-corrected chi connectivity index (χ1v) is 13.7. The summed E-state index contributed by atoms with van der Waals surface area (Å²) in [7, 11) is 0. The van der Waals surface area contributed by atoms with Crippen molar-refractivity contribution >= 4 is 17.5 Å². The van der Waals surface area contributed by atoms with E-state index in [0.717, 1.165) is 61.9 Å². The van der Waals surface area contributed by atoms with E-state index >= 15 is 0 Å². The Morgan fingerprint density at radius 1 is 1.05 bits per heavy atom. The number of allylic oxidation sites excluding steroid dienone is 4. The molecule has 2 aliphatic rings. The summed E-state index contributed by atoms with van der Waals surface area (Å²) in [4.78, 5) is 30.3. The van der Waals surface area contributed by atoms with Crippen LogP contribution in [0, 0.1) is 13.8 Å². The van der Waals surface area contributed by atoms with Gasteiger partial charge in [-0.25, -0.2) is 9.97 Å². The standard InChI is InChI=1S/C30H36N8O/c1-21-20-37(29-23(3)22(2)26(35-36-29)17-24-9-5-4-6-10-24)15-16-38(21)28-19-33-27(18-34-28)30(39)32-14-12-25-11-7-8-13-31-25/h5,7-11,13,18-19,21H,4,6,12,14-17,20H2,1-3H3,(H,32,39)/t21-/m1/s1. The number of carbonyl (C=O) groups excluding carboxylic acids is 1. The number of amides is 1. The van der Waals surface area contributed by atoms with E-state index in [9.17, 15) is 4.79 Å². The van der Waals surface area contributed by atoms with E-state index in [4.69, 9.17) is 0 Å². The lowest BCUT2D eigenvalue weighted by Crippen LogP contribution is -2.53. The minimum absolute atomic E-state index is 0.199. The topological polar surface area (TPSA) is 100 Å². The molecule has 202 valence electrons. The Kier molecular flexibility index (Phi) is 8.24.